The zero-order chi connectivity index (χ0) is 17.9. The van der Waals surface area contributed by atoms with Gasteiger partial charge in [-0.1, -0.05) is 35.1 Å². The molecule has 0 aliphatic rings. The van der Waals surface area contributed by atoms with E-state index in [0.717, 1.165) is 16.9 Å². The number of urea groups is 1. The van der Waals surface area contributed by atoms with Gasteiger partial charge < -0.3 is 10.6 Å². The fourth-order valence-electron chi connectivity index (χ4n) is 1.87. The zero-order valence-corrected chi connectivity index (χ0v) is 15.4. The van der Waals surface area contributed by atoms with Crippen LogP contribution in [0.2, 0.25) is 5.02 Å². The van der Waals surface area contributed by atoms with Crippen molar-refractivity contribution in [2.24, 2.45) is 0 Å². The molecule has 128 valence electrons. The summed E-state index contributed by atoms with van der Waals surface area (Å²) in [4.78, 5) is 28.6. The number of carbonyl (C=O) groups excluding carboxylic acids is 2. The van der Waals surface area contributed by atoms with Gasteiger partial charge in [-0.15, -0.1) is 0 Å². The summed E-state index contributed by atoms with van der Waals surface area (Å²) in [6.07, 6.45) is 1.42. The van der Waals surface area contributed by atoms with Crippen LogP contribution < -0.4 is 16.0 Å². The Morgan fingerprint density at radius 1 is 1.21 bits per heavy atom. The zero-order valence-electron chi connectivity index (χ0n) is 13.9. The molecule has 1 heterocycles. The third kappa shape index (κ3) is 4.94. The number of hydrogen-bond acceptors (Lipinski definition) is 4. The summed E-state index contributed by atoms with van der Waals surface area (Å²) in [6.45, 7) is 7.48. The number of aromatic nitrogens is 1. The van der Waals surface area contributed by atoms with Crippen molar-refractivity contribution in [3.05, 3.63) is 39.9 Å². The topological polar surface area (TPSA) is 83.1 Å². The third-order valence-electron chi connectivity index (χ3n) is 2.90. The van der Waals surface area contributed by atoms with Crippen molar-refractivity contribution >= 4 is 45.7 Å². The lowest BCUT2D eigenvalue weighted by molar-refractivity contribution is 0.103. The average Bonchev–Trinajstić information content (AvgIpc) is 2.89. The first kappa shape index (κ1) is 18.2. The quantitative estimate of drug-likeness (QED) is 0.758. The fourth-order valence-corrected chi connectivity index (χ4v) is 2.85. The van der Waals surface area contributed by atoms with Gasteiger partial charge in [0.2, 0.25) is 0 Å². The van der Waals surface area contributed by atoms with Crippen molar-refractivity contribution in [3.63, 3.8) is 0 Å². The molecule has 0 spiro atoms. The molecule has 0 radical (unpaired) electrons. The number of rotatable bonds is 3. The van der Waals surface area contributed by atoms with Crippen molar-refractivity contribution in [1.29, 1.82) is 0 Å². The number of aryl methyl sites for hydroxylation is 1. The van der Waals surface area contributed by atoms with Gasteiger partial charge in [0.25, 0.3) is 5.91 Å². The molecule has 3 N–H and O–H groups in total. The molecule has 0 unspecified atom stereocenters. The highest BCUT2D eigenvalue weighted by molar-refractivity contribution is 7.17. The van der Waals surface area contributed by atoms with Crippen molar-refractivity contribution in [2.75, 3.05) is 10.6 Å². The summed E-state index contributed by atoms with van der Waals surface area (Å²) in [5.74, 6) is -0.326. The van der Waals surface area contributed by atoms with Gasteiger partial charge in [0.15, 0.2) is 5.13 Å². The SMILES string of the molecule is Cc1cccc(Cl)c1NC(=O)c1cnc(NC(=O)NC(C)(C)C)s1. The first-order chi connectivity index (χ1) is 11.2. The number of hydrogen-bond donors (Lipinski definition) is 3. The van der Waals surface area contributed by atoms with Crippen molar-refractivity contribution in [2.45, 2.75) is 33.2 Å². The normalized spacial score (nSPS) is 11.0. The van der Waals surface area contributed by atoms with Gasteiger partial charge in [-0.05, 0) is 39.3 Å². The van der Waals surface area contributed by atoms with E-state index >= 15 is 0 Å². The fraction of sp³-hybridized carbons (Fsp3) is 0.312. The van der Waals surface area contributed by atoms with Gasteiger partial charge in [0.1, 0.15) is 4.88 Å². The van der Waals surface area contributed by atoms with Crippen LogP contribution in [-0.4, -0.2) is 22.5 Å². The number of halogens is 1. The maximum Gasteiger partial charge on any atom is 0.321 e. The molecule has 0 atom stereocenters. The number of benzene rings is 1. The molecule has 3 amide bonds. The van der Waals surface area contributed by atoms with Crippen LogP contribution in [0.1, 0.15) is 36.0 Å². The van der Waals surface area contributed by atoms with Crippen LogP contribution in [0.3, 0.4) is 0 Å². The lowest BCUT2D eigenvalue weighted by Gasteiger charge is -2.20. The number of nitrogens with one attached hydrogen (secondary N) is 3. The van der Waals surface area contributed by atoms with Gasteiger partial charge >= 0.3 is 6.03 Å². The largest absolute Gasteiger partial charge is 0.333 e. The molecular weight excluding hydrogens is 348 g/mol. The Morgan fingerprint density at radius 2 is 1.92 bits per heavy atom. The molecule has 1 aromatic heterocycles. The van der Waals surface area contributed by atoms with E-state index in [4.69, 9.17) is 11.6 Å². The minimum absolute atomic E-state index is 0.326. The number of nitrogens with zero attached hydrogens (tertiary/aromatic N) is 1. The Morgan fingerprint density at radius 3 is 2.54 bits per heavy atom. The molecule has 0 aliphatic carbocycles. The maximum atomic E-state index is 12.3. The third-order valence-corrected chi connectivity index (χ3v) is 4.13. The molecular formula is C16H19ClN4O2S. The molecule has 2 aromatic rings. The van der Waals surface area contributed by atoms with E-state index in [0.29, 0.717) is 20.7 Å². The van der Waals surface area contributed by atoms with E-state index in [9.17, 15) is 9.59 Å². The standard InChI is InChI=1S/C16H19ClN4O2S/c1-9-6-5-7-10(17)12(9)19-13(22)11-8-18-15(24-11)20-14(23)21-16(2,3)4/h5-8H,1-4H3,(H,19,22)(H2,18,20,21,23). The highest BCUT2D eigenvalue weighted by Gasteiger charge is 2.17. The Labute approximate surface area is 149 Å². The first-order valence-electron chi connectivity index (χ1n) is 7.27. The maximum absolute atomic E-state index is 12.3. The van der Waals surface area contributed by atoms with Crippen molar-refractivity contribution in [1.82, 2.24) is 10.3 Å². The van der Waals surface area contributed by atoms with Crippen LogP contribution >= 0.6 is 22.9 Å². The van der Waals surface area contributed by atoms with E-state index in [2.05, 4.69) is 20.9 Å². The van der Waals surface area contributed by atoms with Gasteiger partial charge in [-0.3, -0.25) is 10.1 Å². The van der Waals surface area contributed by atoms with Crippen LogP contribution in [0.5, 0.6) is 0 Å². The average molecular weight is 367 g/mol. The summed E-state index contributed by atoms with van der Waals surface area (Å²) >= 11 is 7.19. The Hall–Kier alpha value is -2.12. The molecule has 2 rings (SSSR count). The van der Waals surface area contributed by atoms with Gasteiger partial charge in [-0.25, -0.2) is 9.78 Å². The van der Waals surface area contributed by atoms with E-state index in [1.54, 1.807) is 6.07 Å². The molecule has 0 aliphatic heterocycles. The van der Waals surface area contributed by atoms with E-state index in [-0.39, 0.29) is 17.5 Å². The van der Waals surface area contributed by atoms with Gasteiger partial charge in [0.05, 0.1) is 16.9 Å². The number of para-hydroxylation sites is 1. The van der Waals surface area contributed by atoms with Crippen LogP contribution in [0.4, 0.5) is 15.6 Å². The van der Waals surface area contributed by atoms with E-state index < -0.39 is 0 Å². The Kier molecular flexibility index (Phi) is 5.46. The smallest absolute Gasteiger partial charge is 0.321 e. The monoisotopic (exact) mass is 366 g/mol. The second-order valence-electron chi connectivity index (χ2n) is 6.24. The van der Waals surface area contributed by atoms with Gasteiger partial charge in [-0.2, -0.15) is 0 Å². The summed E-state index contributed by atoms with van der Waals surface area (Å²) in [5.41, 5.74) is 1.07. The van der Waals surface area contributed by atoms with Crippen molar-refractivity contribution < 1.29 is 9.59 Å². The molecule has 24 heavy (non-hydrogen) atoms. The predicted octanol–water partition coefficient (Wildman–Crippen LogP) is 4.28. The van der Waals surface area contributed by atoms with E-state index in [1.807, 2.05) is 39.8 Å². The molecule has 0 saturated carbocycles. The molecule has 0 fully saturated rings. The number of anilines is 2. The molecule has 1 aromatic carbocycles. The second kappa shape index (κ2) is 7.19. The van der Waals surface area contributed by atoms with Crippen LogP contribution in [0, 0.1) is 6.92 Å². The van der Waals surface area contributed by atoms with Crippen LogP contribution in [0.25, 0.3) is 0 Å². The summed E-state index contributed by atoms with van der Waals surface area (Å²) in [6, 6.07) is 5.01. The Balaban J connectivity index is 2.05. The Bertz CT molecular complexity index is 747. The summed E-state index contributed by atoms with van der Waals surface area (Å²) in [7, 11) is 0. The summed E-state index contributed by atoms with van der Waals surface area (Å²) in [5, 5.41) is 8.96. The van der Waals surface area contributed by atoms with Crippen LogP contribution in [0.15, 0.2) is 24.4 Å². The highest BCUT2D eigenvalue weighted by atomic mass is 35.5. The van der Waals surface area contributed by atoms with Crippen molar-refractivity contribution in [3.8, 4) is 0 Å². The molecule has 8 heteroatoms. The lowest BCUT2D eigenvalue weighted by Crippen LogP contribution is -2.43. The predicted molar refractivity (Wildman–Crippen MR) is 98.2 cm³/mol. The van der Waals surface area contributed by atoms with Crippen LogP contribution in [-0.2, 0) is 0 Å². The molecule has 0 saturated heterocycles. The molecule has 6 nitrogen and oxygen atoms in total. The minimum atomic E-state index is -0.370. The second-order valence-corrected chi connectivity index (χ2v) is 7.68. The first-order valence-corrected chi connectivity index (χ1v) is 8.46. The number of thiazole rings is 1. The number of amides is 3. The number of carbonyl (C=O) groups is 2. The highest BCUT2D eigenvalue weighted by Crippen LogP contribution is 2.27. The van der Waals surface area contributed by atoms with Gasteiger partial charge in [0, 0.05) is 5.54 Å². The van der Waals surface area contributed by atoms with E-state index in [1.165, 1.54) is 6.20 Å². The molecule has 0 bridgehead atoms. The minimum Gasteiger partial charge on any atom is -0.333 e. The summed E-state index contributed by atoms with van der Waals surface area (Å²) < 4.78 is 0. The lowest BCUT2D eigenvalue weighted by atomic mass is 10.1.